The van der Waals surface area contributed by atoms with Gasteiger partial charge in [-0.25, -0.2) is 0 Å². The zero-order chi connectivity index (χ0) is 11.7. The largest absolute Gasteiger partial charge is 0.324 e. The molecule has 0 aliphatic carbocycles. The Kier molecular flexibility index (Phi) is 2.97. The Hall–Kier alpha value is -1.35. The van der Waals surface area contributed by atoms with Gasteiger partial charge in [-0.2, -0.15) is 0 Å². The summed E-state index contributed by atoms with van der Waals surface area (Å²) in [5, 5.41) is 6.26. The molecular weight excluding hydrogens is 200 g/mol. The number of rotatable bonds is 3. The molecule has 16 heavy (non-hydrogen) atoms. The van der Waals surface area contributed by atoms with E-state index in [1.807, 2.05) is 6.92 Å². The Morgan fingerprint density at radius 1 is 1.31 bits per heavy atom. The van der Waals surface area contributed by atoms with Crippen molar-refractivity contribution in [2.24, 2.45) is 0 Å². The topological polar surface area (TPSA) is 41.1 Å². The number of hydrogen-bond acceptors (Lipinski definition) is 2. The van der Waals surface area contributed by atoms with E-state index in [0.717, 1.165) is 29.8 Å². The Morgan fingerprint density at radius 3 is 2.69 bits per heavy atom. The third-order valence-corrected chi connectivity index (χ3v) is 3.07. The molecule has 0 bridgehead atoms. The van der Waals surface area contributed by atoms with E-state index in [1.54, 1.807) is 0 Å². The molecule has 0 radical (unpaired) electrons. The van der Waals surface area contributed by atoms with Crippen molar-refractivity contribution in [2.75, 3.05) is 11.9 Å². The molecule has 0 spiro atoms. The molecule has 1 amide bonds. The predicted molar refractivity (Wildman–Crippen MR) is 65.6 cm³/mol. The lowest BCUT2D eigenvalue weighted by Crippen LogP contribution is -2.28. The molecule has 1 atom stereocenters. The highest BCUT2D eigenvalue weighted by molar-refractivity contribution is 6.03. The summed E-state index contributed by atoms with van der Waals surface area (Å²) in [6, 6.07) is 3.96. The van der Waals surface area contributed by atoms with Gasteiger partial charge in [0.15, 0.2) is 0 Å². The van der Waals surface area contributed by atoms with Crippen molar-refractivity contribution < 1.29 is 4.79 Å². The van der Waals surface area contributed by atoms with Crippen molar-refractivity contribution in [3.63, 3.8) is 0 Å². The first kappa shape index (κ1) is 11.1. The summed E-state index contributed by atoms with van der Waals surface area (Å²) >= 11 is 0. The van der Waals surface area contributed by atoms with E-state index in [1.165, 1.54) is 5.56 Å². The molecule has 2 N–H and O–H groups in total. The minimum absolute atomic E-state index is 0.0702. The molecular formula is C13H18N2O. The highest BCUT2D eigenvalue weighted by Gasteiger charge is 2.32. The highest BCUT2D eigenvalue weighted by Crippen LogP contribution is 2.35. The predicted octanol–water partition coefficient (Wildman–Crippen LogP) is 2.30. The third-order valence-electron chi connectivity index (χ3n) is 3.07. The lowest BCUT2D eigenvalue weighted by Gasteiger charge is -2.13. The average molecular weight is 218 g/mol. The number of carbonyl (C=O) groups excluding carboxylic acids is 1. The first-order valence-corrected chi connectivity index (χ1v) is 5.79. The molecule has 1 aromatic carbocycles. The van der Waals surface area contributed by atoms with Crippen LogP contribution in [-0.2, 0) is 4.79 Å². The van der Waals surface area contributed by atoms with Gasteiger partial charge in [0.1, 0.15) is 6.04 Å². The lowest BCUT2D eigenvalue weighted by molar-refractivity contribution is -0.117. The lowest BCUT2D eigenvalue weighted by atomic mass is 9.99. The van der Waals surface area contributed by atoms with Crippen LogP contribution in [0, 0.1) is 13.8 Å². The molecule has 86 valence electrons. The first-order valence-electron chi connectivity index (χ1n) is 5.79. The number of carbonyl (C=O) groups is 1. The second kappa shape index (κ2) is 4.26. The molecule has 1 aromatic rings. The number of hydrogen-bond donors (Lipinski definition) is 2. The van der Waals surface area contributed by atoms with Crippen molar-refractivity contribution in [1.29, 1.82) is 0 Å². The summed E-state index contributed by atoms with van der Waals surface area (Å²) in [6.45, 7) is 7.05. The second-order valence-corrected chi connectivity index (χ2v) is 4.36. The molecule has 3 heteroatoms. The minimum Gasteiger partial charge on any atom is -0.324 e. The standard InChI is InChI=1S/C13H18N2O/c1-4-7-14-12-10-8(2)5-6-9(3)11(10)15-13(12)16/h5-6,12,14H,4,7H2,1-3H3,(H,15,16). The van der Waals surface area contributed by atoms with Gasteiger partial charge in [0, 0.05) is 11.3 Å². The zero-order valence-corrected chi connectivity index (χ0v) is 10.1. The molecule has 1 aliphatic rings. The number of amides is 1. The number of fused-ring (bicyclic) bond motifs is 1. The van der Waals surface area contributed by atoms with Gasteiger partial charge >= 0.3 is 0 Å². The van der Waals surface area contributed by atoms with Crippen LogP contribution in [-0.4, -0.2) is 12.5 Å². The fourth-order valence-electron chi connectivity index (χ4n) is 2.18. The molecule has 1 unspecified atom stereocenters. The highest BCUT2D eigenvalue weighted by atomic mass is 16.2. The number of benzene rings is 1. The van der Waals surface area contributed by atoms with E-state index < -0.39 is 0 Å². The van der Waals surface area contributed by atoms with Crippen LogP contribution in [0.3, 0.4) is 0 Å². The van der Waals surface area contributed by atoms with Crippen molar-refractivity contribution >= 4 is 11.6 Å². The first-order chi connectivity index (χ1) is 7.65. The molecule has 1 heterocycles. The van der Waals surface area contributed by atoms with Gasteiger partial charge in [0.25, 0.3) is 0 Å². The van der Waals surface area contributed by atoms with Crippen LogP contribution in [0.1, 0.15) is 36.1 Å². The van der Waals surface area contributed by atoms with Gasteiger partial charge in [0.05, 0.1) is 0 Å². The molecule has 3 nitrogen and oxygen atoms in total. The average Bonchev–Trinajstić information content (AvgIpc) is 2.59. The van der Waals surface area contributed by atoms with Crippen LogP contribution in [0.25, 0.3) is 0 Å². The Labute approximate surface area is 96.2 Å². The van der Waals surface area contributed by atoms with Gasteiger partial charge in [-0.15, -0.1) is 0 Å². The van der Waals surface area contributed by atoms with E-state index in [9.17, 15) is 4.79 Å². The van der Waals surface area contributed by atoms with Crippen LogP contribution >= 0.6 is 0 Å². The SMILES string of the molecule is CCCNC1C(=O)Nc2c(C)ccc(C)c21. The van der Waals surface area contributed by atoms with Crippen LogP contribution in [0.15, 0.2) is 12.1 Å². The van der Waals surface area contributed by atoms with Gasteiger partial charge in [-0.3, -0.25) is 4.79 Å². The van der Waals surface area contributed by atoms with E-state index >= 15 is 0 Å². The van der Waals surface area contributed by atoms with Gasteiger partial charge in [-0.05, 0) is 37.9 Å². The molecule has 0 saturated carbocycles. The quantitative estimate of drug-likeness (QED) is 0.817. The maximum absolute atomic E-state index is 11.9. The monoisotopic (exact) mass is 218 g/mol. The molecule has 2 rings (SSSR count). The van der Waals surface area contributed by atoms with E-state index in [-0.39, 0.29) is 11.9 Å². The van der Waals surface area contributed by atoms with Crippen LogP contribution in [0.5, 0.6) is 0 Å². The van der Waals surface area contributed by atoms with Gasteiger partial charge in [0.2, 0.25) is 5.91 Å². The molecule has 1 aliphatic heterocycles. The Balaban J connectivity index is 2.39. The Bertz CT molecular complexity index is 426. The van der Waals surface area contributed by atoms with Crippen molar-refractivity contribution in [1.82, 2.24) is 5.32 Å². The molecule has 0 saturated heterocycles. The summed E-state index contributed by atoms with van der Waals surface area (Å²) in [5.41, 5.74) is 4.43. The normalized spacial score (nSPS) is 18.4. The van der Waals surface area contributed by atoms with Crippen LogP contribution < -0.4 is 10.6 Å². The smallest absolute Gasteiger partial charge is 0.246 e. The maximum Gasteiger partial charge on any atom is 0.246 e. The van der Waals surface area contributed by atoms with Crippen molar-refractivity contribution in [3.8, 4) is 0 Å². The summed E-state index contributed by atoms with van der Waals surface area (Å²) in [7, 11) is 0. The third kappa shape index (κ3) is 1.71. The Morgan fingerprint density at radius 2 is 2.00 bits per heavy atom. The summed E-state index contributed by atoms with van der Waals surface area (Å²) < 4.78 is 0. The summed E-state index contributed by atoms with van der Waals surface area (Å²) in [6.07, 6.45) is 1.03. The number of anilines is 1. The molecule has 0 fully saturated rings. The summed E-state index contributed by atoms with van der Waals surface area (Å²) in [4.78, 5) is 11.9. The fourth-order valence-corrected chi connectivity index (χ4v) is 2.18. The van der Waals surface area contributed by atoms with E-state index in [4.69, 9.17) is 0 Å². The second-order valence-electron chi connectivity index (χ2n) is 4.36. The number of aryl methyl sites for hydroxylation is 2. The zero-order valence-electron chi connectivity index (χ0n) is 10.1. The maximum atomic E-state index is 11.9. The van der Waals surface area contributed by atoms with E-state index in [2.05, 4.69) is 36.6 Å². The van der Waals surface area contributed by atoms with Crippen molar-refractivity contribution in [3.05, 3.63) is 28.8 Å². The van der Waals surface area contributed by atoms with E-state index in [0.29, 0.717) is 0 Å². The fraction of sp³-hybridized carbons (Fsp3) is 0.462. The van der Waals surface area contributed by atoms with Gasteiger partial charge in [-0.1, -0.05) is 19.1 Å². The summed E-state index contributed by atoms with van der Waals surface area (Å²) in [5.74, 6) is 0.0702. The van der Waals surface area contributed by atoms with Crippen LogP contribution in [0.2, 0.25) is 0 Å². The van der Waals surface area contributed by atoms with Crippen LogP contribution in [0.4, 0.5) is 5.69 Å². The van der Waals surface area contributed by atoms with Crippen molar-refractivity contribution in [2.45, 2.75) is 33.2 Å². The van der Waals surface area contributed by atoms with Gasteiger partial charge < -0.3 is 10.6 Å². The minimum atomic E-state index is -0.171. The number of nitrogens with one attached hydrogen (secondary N) is 2. The molecule has 0 aromatic heterocycles.